The standard InChI is InChI=1S/C14H10N2O3/c15-8-10-6-7-12(16-9-10)19-13(14(17)18)11-4-2-1-3-5-11/h1-7,9,13H,(H,17,18). The second kappa shape index (κ2) is 5.65. The first-order valence-electron chi connectivity index (χ1n) is 5.51. The van der Waals surface area contributed by atoms with E-state index in [2.05, 4.69) is 4.98 Å². The van der Waals surface area contributed by atoms with Crippen LogP contribution in [0.5, 0.6) is 5.88 Å². The van der Waals surface area contributed by atoms with E-state index in [4.69, 9.17) is 10.00 Å². The van der Waals surface area contributed by atoms with E-state index in [1.165, 1.54) is 18.3 Å². The Hall–Kier alpha value is -2.87. The number of hydrogen-bond acceptors (Lipinski definition) is 4. The first-order chi connectivity index (χ1) is 9.20. The van der Waals surface area contributed by atoms with Crippen LogP contribution in [0.2, 0.25) is 0 Å². The highest BCUT2D eigenvalue weighted by molar-refractivity contribution is 5.74. The van der Waals surface area contributed by atoms with Crippen LogP contribution in [-0.4, -0.2) is 16.1 Å². The van der Waals surface area contributed by atoms with E-state index in [0.29, 0.717) is 11.1 Å². The number of nitriles is 1. The summed E-state index contributed by atoms with van der Waals surface area (Å²) >= 11 is 0. The average Bonchev–Trinajstić information content (AvgIpc) is 2.46. The molecule has 19 heavy (non-hydrogen) atoms. The molecular formula is C14H10N2O3. The van der Waals surface area contributed by atoms with Gasteiger partial charge in [0.05, 0.1) is 5.56 Å². The number of ether oxygens (including phenoxy) is 1. The Morgan fingerprint density at radius 2 is 2.00 bits per heavy atom. The summed E-state index contributed by atoms with van der Waals surface area (Å²) in [6, 6.07) is 13.5. The number of aromatic nitrogens is 1. The third-order valence-electron chi connectivity index (χ3n) is 2.43. The van der Waals surface area contributed by atoms with Gasteiger partial charge in [0.2, 0.25) is 12.0 Å². The van der Waals surface area contributed by atoms with E-state index in [-0.39, 0.29) is 5.88 Å². The van der Waals surface area contributed by atoms with Crippen LogP contribution >= 0.6 is 0 Å². The molecule has 2 aromatic rings. The molecule has 0 aliphatic heterocycles. The van der Waals surface area contributed by atoms with Crippen molar-refractivity contribution < 1.29 is 14.6 Å². The fourth-order valence-corrected chi connectivity index (χ4v) is 1.53. The second-order valence-corrected chi connectivity index (χ2v) is 3.74. The minimum atomic E-state index is -1.12. The van der Waals surface area contributed by atoms with E-state index in [0.717, 1.165) is 0 Å². The van der Waals surface area contributed by atoms with Crippen LogP contribution in [0.3, 0.4) is 0 Å². The smallest absolute Gasteiger partial charge is 0.349 e. The van der Waals surface area contributed by atoms with Crippen LogP contribution in [0.15, 0.2) is 48.7 Å². The molecule has 5 nitrogen and oxygen atoms in total. The van der Waals surface area contributed by atoms with Crippen molar-refractivity contribution in [3.8, 4) is 11.9 Å². The first-order valence-corrected chi connectivity index (χ1v) is 5.51. The van der Waals surface area contributed by atoms with Gasteiger partial charge in [-0.2, -0.15) is 5.26 Å². The van der Waals surface area contributed by atoms with E-state index < -0.39 is 12.1 Å². The van der Waals surface area contributed by atoms with Gasteiger partial charge in [0.15, 0.2) is 0 Å². The molecule has 1 N–H and O–H groups in total. The van der Waals surface area contributed by atoms with E-state index >= 15 is 0 Å². The van der Waals surface area contributed by atoms with Crippen molar-refractivity contribution in [1.29, 1.82) is 5.26 Å². The zero-order valence-corrected chi connectivity index (χ0v) is 9.85. The average molecular weight is 254 g/mol. The van der Waals surface area contributed by atoms with Crippen molar-refractivity contribution in [2.45, 2.75) is 6.10 Å². The maximum Gasteiger partial charge on any atom is 0.349 e. The van der Waals surface area contributed by atoms with Crippen molar-refractivity contribution in [3.63, 3.8) is 0 Å². The molecule has 2 rings (SSSR count). The lowest BCUT2D eigenvalue weighted by Crippen LogP contribution is -2.18. The Labute approximate surface area is 109 Å². The fourth-order valence-electron chi connectivity index (χ4n) is 1.53. The summed E-state index contributed by atoms with van der Waals surface area (Å²) in [6.45, 7) is 0. The summed E-state index contributed by atoms with van der Waals surface area (Å²) in [4.78, 5) is 15.1. The number of benzene rings is 1. The van der Waals surface area contributed by atoms with Gasteiger partial charge in [0, 0.05) is 17.8 Å². The highest BCUT2D eigenvalue weighted by Crippen LogP contribution is 2.20. The largest absolute Gasteiger partial charge is 0.478 e. The molecule has 1 aromatic heterocycles. The summed E-state index contributed by atoms with van der Waals surface area (Å²) < 4.78 is 5.34. The number of rotatable bonds is 4. The molecule has 0 fully saturated rings. The molecule has 94 valence electrons. The Balaban J connectivity index is 2.22. The molecule has 0 aliphatic rings. The molecule has 5 heteroatoms. The SMILES string of the molecule is N#Cc1ccc(OC(C(=O)O)c2ccccc2)nc1. The quantitative estimate of drug-likeness (QED) is 0.903. The van der Waals surface area contributed by atoms with Gasteiger partial charge in [-0.25, -0.2) is 9.78 Å². The van der Waals surface area contributed by atoms with Crippen LogP contribution in [0.4, 0.5) is 0 Å². The molecule has 0 amide bonds. The van der Waals surface area contributed by atoms with Crippen LogP contribution in [-0.2, 0) is 4.79 Å². The van der Waals surface area contributed by atoms with Gasteiger partial charge < -0.3 is 9.84 Å². The van der Waals surface area contributed by atoms with Crippen molar-refractivity contribution in [2.24, 2.45) is 0 Å². The first kappa shape index (κ1) is 12.6. The Kier molecular flexibility index (Phi) is 3.74. The summed E-state index contributed by atoms with van der Waals surface area (Å²) in [7, 11) is 0. The molecule has 0 spiro atoms. The van der Waals surface area contributed by atoms with Crippen LogP contribution < -0.4 is 4.74 Å². The fraction of sp³-hybridized carbons (Fsp3) is 0.0714. The number of carboxylic acids is 1. The number of hydrogen-bond donors (Lipinski definition) is 1. The Bertz CT molecular complexity index is 603. The van der Waals surface area contributed by atoms with Gasteiger partial charge >= 0.3 is 5.97 Å². The van der Waals surface area contributed by atoms with Crippen LogP contribution in [0, 0.1) is 11.3 Å². The topological polar surface area (TPSA) is 83.2 Å². The minimum absolute atomic E-state index is 0.162. The van der Waals surface area contributed by atoms with E-state index in [1.807, 2.05) is 6.07 Å². The summed E-state index contributed by atoms with van der Waals surface area (Å²) in [5, 5.41) is 17.8. The highest BCUT2D eigenvalue weighted by atomic mass is 16.5. The van der Waals surface area contributed by atoms with Crippen LogP contribution in [0.25, 0.3) is 0 Å². The molecule has 0 aliphatic carbocycles. The lowest BCUT2D eigenvalue weighted by Gasteiger charge is -2.14. The van der Waals surface area contributed by atoms with E-state index in [9.17, 15) is 9.90 Å². The zero-order valence-electron chi connectivity index (χ0n) is 9.85. The third kappa shape index (κ3) is 3.07. The lowest BCUT2D eigenvalue weighted by molar-refractivity contribution is -0.145. The molecule has 1 atom stereocenters. The number of aliphatic carboxylic acids is 1. The molecule has 0 saturated heterocycles. The van der Waals surface area contributed by atoms with Crippen molar-refractivity contribution in [3.05, 3.63) is 59.8 Å². The van der Waals surface area contributed by atoms with E-state index in [1.54, 1.807) is 30.3 Å². The van der Waals surface area contributed by atoms with Gasteiger partial charge in [0.25, 0.3) is 0 Å². The molecule has 0 radical (unpaired) electrons. The zero-order chi connectivity index (χ0) is 13.7. The lowest BCUT2D eigenvalue weighted by atomic mass is 10.1. The summed E-state index contributed by atoms with van der Waals surface area (Å²) in [5.74, 6) is -0.937. The molecule has 1 aromatic carbocycles. The maximum absolute atomic E-state index is 11.2. The number of pyridine rings is 1. The Morgan fingerprint density at radius 1 is 1.26 bits per heavy atom. The number of nitrogens with zero attached hydrogens (tertiary/aromatic N) is 2. The third-order valence-corrected chi connectivity index (χ3v) is 2.43. The van der Waals surface area contributed by atoms with Crippen molar-refractivity contribution in [1.82, 2.24) is 4.98 Å². The van der Waals surface area contributed by atoms with Crippen LogP contribution in [0.1, 0.15) is 17.2 Å². The van der Waals surface area contributed by atoms with Gasteiger partial charge in [-0.05, 0) is 6.07 Å². The summed E-state index contributed by atoms with van der Waals surface area (Å²) in [5.41, 5.74) is 0.917. The second-order valence-electron chi connectivity index (χ2n) is 3.74. The minimum Gasteiger partial charge on any atom is -0.478 e. The van der Waals surface area contributed by atoms with Gasteiger partial charge in [0.1, 0.15) is 6.07 Å². The highest BCUT2D eigenvalue weighted by Gasteiger charge is 2.21. The molecule has 0 bridgehead atoms. The number of carbonyl (C=O) groups is 1. The molecule has 1 heterocycles. The van der Waals surface area contributed by atoms with Gasteiger partial charge in [-0.1, -0.05) is 30.3 Å². The van der Waals surface area contributed by atoms with Gasteiger partial charge in [-0.3, -0.25) is 0 Å². The molecule has 0 saturated carbocycles. The Morgan fingerprint density at radius 3 is 2.53 bits per heavy atom. The maximum atomic E-state index is 11.2. The molecular weight excluding hydrogens is 244 g/mol. The molecule has 1 unspecified atom stereocenters. The normalized spacial score (nSPS) is 11.3. The van der Waals surface area contributed by atoms with Gasteiger partial charge in [-0.15, -0.1) is 0 Å². The van der Waals surface area contributed by atoms with Crippen molar-refractivity contribution >= 4 is 5.97 Å². The predicted molar refractivity (Wildman–Crippen MR) is 66.4 cm³/mol. The predicted octanol–water partition coefficient (Wildman–Crippen LogP) is 2.16. The number of carboxylic acid groups (broad SMARTS) is 1. The van der Waals surface area contributed by atoms with Crippen molar-refractivity contribution in [2.75, 3.05) is 0 Å². The summed E-state index contributed by atoms with van der Waals surface area (Å²) in [6.07, 6.45) is 0.209. The monoisotopic (exact) mass is 254 g/mol.